The summed E-state index contributed by atoms with van der Waals surface area (Å²) in [5.74, 6) is 1.05. The normalized spacial score (nSPS) is 12.4. The van der Waals surface area contributed by atoms with Gasteiger partial charge in [-0.25, -0.2) is 22.8 Å². The Balaban J connectivity index is 1.73. The van der Waals surface area contributed by atoms with Crippen LogP contribution in [0.15, 0.2) is 53.4 Å². The maximum Gasteiger partial charge on any atom is 0.243 e. The van der Waals surface area contributed by atoms with Crippen molar-refractivity contribution in [2.24, 2.45) is 0 Å². The largest absolute Gasteiger partial charge is 0.497 e. The Morgan fingerprint density at radius 1 is 1.15 bits per heavy atom. The van der Waals surface area contributed by atoms with Gasteiger partial charge in [0, 0.05) is 12.5 Å². The Morgan fingerprint density at radius 3 is 2.56 bits per heavy atom. The van der Waals surface area contributed by atoms with Crippen molar-refractivity contribution in [2.45, 2.75) is 18.6 Å². The lowest BCUT2D eigenvalue weighted by Crippen LogP contribution is -2.29. The first-order valence-corrected chi connectivity index (χ1v) is 11.6. The second kappa shape index (κ2) is 9.47. The van der Waals surface area contributed by atoms with E-state index in [2.05, 4.69) is 24.9 Å². The average Bonchev–Trinajstić information content (AvgIpc) is 3.50. The molecule has 1 aromatic carbocycles. The third kappa shape index (κ3) is 4.69. The molecule has 0 aliphatic carbocycles. The minimum Gasteiger partial charge on any atom is -0.497 e. The average molecular weight is 489 g/mol. The summed E-state index contributed by atoms with van der Waals surface area (Å²) in [6.07, 6.45) is 3.39. The summed E-state index contributed by atoms with van der Waals surface area (Å²) < 4.78 is 59.5. The van der Waals surface area contributed by atoms with Crippen molar-refractivity contribution in [1.29, 1.82) is 0 Å². The molecule has 0 radical (unpaired) electrons. The van der Waals surface area contributed by atoms with E-state index in [0.29, 0.717) is 22.9 Å². The minimum absolute atomic E-state index is 0.0410. The lowest BCUT2D eigenvalue weighted by Gasteiger charge is -2.17. The number of nitrogens with one attached hydrogen (secondary N) is 1. The number of aromatic nitrogens is 5. The molecule has 4 rings (SSSR count). The van der Waals surface area contributed by atoms with Crippen molar-refractivity contribution >= 4 is 16.0 Å². The molecule has 11 nitrogen and oxygen atoms in total. The van der Waals surface area contributed by atoms with Crippen molar-refractivity contribution in [3.8, 4) is 28.8 Å². The molecule has 0 saturated heterocycles. The Hall–Kier alpha value is -4.00. The zero-order valence-electron chi connectivity index (χ0n) is 18.5. The fourth-order valence-electron chi connectivity index (χ4n) is 3.15. The van der Waals surface area contributed by atoms with Crippen LogP contribution in [0.25, 0.3) is 17.3 Å². The first-order chi connectivity index (χ1) is 16.3. The summed E-state index contributed by atoms with van der Waals surface area (Å²) in [6, 6.07) is 8.36. The smallest absolute Gasteiger partial charge is 0.243 e. The first kappa shape index (κ1) is 23.2. The van der Waals surface area contributed by atoms with Gasteiger partial charge in [0.25, 0.3) is 0 Å². The number of sulfonamides is 1. The SMILES string of the molecule is COc1ccc(-n2c(NS(=O)(=O)[C@H](C)Cc3ncc(F)cn3)nnc2-c2ccco2)c(OC)c1. The Kier molecular flexibility index (Phi) is 6.45. The standard InChI is InChI=1S/C21H21FN6O5S/c1-13(9-19-23-11-14(22)12-24-19)34(29,30)27-21-26-25-20(17-5-4-8-33-17)28(21)16-7-6-15(31-2)10-18(16)32-3/h4-8,10-13H,9H2,1-3H3,(H,26,27)/t13-/m1/s1. The van der Waals surface area contributed by atoms with Crippen LogP contribution in [0.5, 0.6) is 11.5 Å². The summed E-state index contributed by atoms with van der Waals surface area (Å²) in [6.45, 7) is 1.48. The van der Waals surface area contributed by atoms with Crippen LogP contribution < -0.4 is 14.2 Å². The monoisotopic (exact) mass is 488 g/mol. The van der Waals surface area contributed by atoms with Gasteiger partial charge in [-0.15, -0.1) is 10.2 Å². The molecule has 0 spiro atoms. The van der Waals surface area contributed by atoms with Gasteiger partial charge in [-0.3, -0.25) is 9.29 Å². The summed E-state index contributed by atoms with van der Waals surface area (Å²) in [7, 11) is -0.986. The molecule has 1 N–H and O–H groups in total. The summed E-state index contributed by atoms with van der Waals surface area (Å²) in [4.78, 5) is 7.66. The molecule has 4 aromatic rings. The van der Waals surface area contributed by atoms with E-state index < -0.39 is 21.1 Å². The quantitative estimate of drug-likeness (QED) is 0.377. The lowest BCUT2D eigenvalue weighted by molar-refractivity contribution is 0.393. The third-order valence-corrected chi connectivity index (χ3v) is 6.63. The molecule has 0 aliphatic heterocycles. The molecule has 34 heavy (non-hydrogen) atoms. The topological polar surface area (TPSA) is 134 Å². The second-order valence-corrected chi connectivity index (χ2v) is 9.28. The molecule has 0 amide bonds. The predicted octanol–water partition coefficient (Wildman–Crippen LogP) is 2.85. The maximum atomic E-state index is 13.1. The van der Waals surface area contributed by atoms with Crippen molar-refractivity contribution in [1.82, 2.24) is 24.7 Å². The van der Waals surface area contributed by atoms with Crippen LogP contribution in [-0.4, -0.2) is 52.6 Å². The molecule has 0 unspecified atom stereocenters. The fourth-order valence-corrected chi connectivity index (χ4v) is 4.11. The summed E-state index contributed by atoms with van der Waals surface area (Å²) in [5, 5.41) is 7.21. The van der Waals surface area contributed by atoms with E-state index in [4.69, 9.17) is 13.9 Å². The van der Waals surface area contributed by atoms with E-state index in [-0.39, 0.29) is 24.0 Å². The van der Waals surface area contributed by atoms with Crippen molar-refractivity contribution in [3.63, 3.8) is 0 Å². The summed E-state index contributed by atoms with van der Waals surface area (Å²) >= 11 is 0. The zero-order valence-corrected chi connectivity index (χ0v) is 19.3. The van der Waals surface area contributed by atoms with E-state index in [1.807, 2.05) is 0 Å². The molecule has 13 heteroatoms. The Labute approximate surface area is 194 Å². The van der Waals surface area contributed by atoms with E-state index in [1.54, 1.807) is 30.3 Å². The molecule has 0 saturated carbocycles. The predicted molar refractivity (Wildman–Crippen MR) is 120 cm³/mol. The highest BCUT2D eigenvalue weighted by Crippen LogP contribution is 2.34. The van der Waals surface area contributed by atoms with Crippen LogP contribution in [0.4, 0.5) is 10.3 Å². The second-order valence-electron chi connectivity index (χ2n) is 7.18. The molecule has 0 fully saturated rings. The number of hydrogen-bond donors (Lipinski definition) is 1. The molecular formula is C21H21FN6O5S. The molecule has 1 atom stereocenters. The van der Waals surface area contributed by atoms with E-state index >= 15 is 0 Å². The van der Waals surface area contributed by atoms with Gasteiger partial charge in [0.05, 0.1) is 43.8 Å². The molecule has 178 valence electrons. The van der Waals surface area contributed by atoms with Crippen LogP contribution in [0.2, 0.25) is 0 Å². The van der Waals surface area contributed by atoms with E-state index in [9.17, 15) is 12.8 Å². The van der Waals surface area contributed by atoms with Crippen molar-refractivity contribution in [3.05, 3.63) is 60.6 Å². The van der Waals surface area contributed by atoms with Crippen LogP contribution in [0, 0.1) is 5.82 Å². The number of nitrogens with zero attached hydrogens (tertiary/aromatic N) is 5. The highest BCUT2D eigenvalue weighted by atomic mass is 32.2. The third-order valence-electron chi connectivity index (χ3n) is 4.94. The van der Waals surface area contributed by atoms with Crippen molar-refractivity contribution in [2.75, 3.05) is 18.9 Å². The highest BCUT2D eigenvalue weighted by Gasteiger charge is 2.28. The van der Waals surface area contributed by atoms with Crippen LogP contribution in [-0.2, 0) is 16.4 Å². The molecule has 3 aromatic heterocycles. The van der Waals surface area contributed by atoms with Gasteiger partial charge >= 0.3 is 0 Å². The Bertz CT molecular complexity index is 1370. The number of benzene rings is 1. The number of furan rings is 1. The number of ether oxygens (including phenoxy) is 2. The lowest BCUT2D eigenvalue weighted by atomic mass is 10.2. The van der Waals surface area contributed by atoms with Gasteiger partial charge in [0.1, 0.15) is 17.3 Å². The molecule has 3 heterocycles. The van der Waals surface area contributed by atoms with Gasteiger partial charge in [-0.2, -0.15) is 0 Å². The minimum atomic E-state index is -3.98. The van der Waals surface area contributed by atoms with Gasteiger partial charge in [-0.1, -0.05) is 0 Å². The van der Waals surface area contributed by atoms with Gasteiger partial charge in [0.2, 0.25) is 21.8 Å². The zero-order chi connectivity index (χ0) is 24.3. The van der Waals surface area contributed by atoms with Gasteiger partial charge in [-0.05, 0) is 31.2 Å². The van der Waals surface area contributed by atoms with E-state index in [0.717, 1.165) is 12.4 Å². The fraction of sp³-hybridized carbons (Fsp3) is 0.238. The Morgan fingerprint density at radius 2 is 1.91 bits per heavy atom. The number of methoxy groups -OCH3 is 2. The van der Waals surface area contributed by atoms with Crippen LogP contribution >= 0.6 is 0 Å². The van der Waals surface area contributed by atoms with Crippen LogP contribution in [0.1, 0.15) is 12.7 Å². The molecular weight excluding hydrogens is 467 g/mol. The number of hydrogen-bond acceptors (Lipinski definition) is 9. The van der Waals surface area contributed by atoms with Crippen LogP contribution in [0.3, 0.4) is 0 Å². The number of anilines is 1. The van der Waals surface area contributed by atoms with Crippen molar-refractivity contribution < 1.29 is 26.7 Å². The van der Waals surface area contributed by atoms with E-state index in [1.165, 1.54) is 32.0 Å². The highest BCUT2D eigenvalue weighted by molar-refractivity contribution is 7.93. The molecule has 0 aliphatic rings. The number of halogens is 1. The van der Waals surface area contributed by atoms with Gasteiger partial charge in [0.15, 0.2) is 11.6 Å². The van der Waals surface area contributed by atoms with Gasteiger partial charge < -0.3 is 13.9 Å². The summed E-state index contributed by atoms with van der Waals surface area (Å²) in [5.41, 5.74) is 0.451. The first-order valence-electron chi connectivity index (χ1n) is 10.0. The number of rotatable bonds is 9. The molecule has 0 bridgehead atoms. The maximum absolute atomic E-state index is 13.1.